The number of benzene rings is 1. The van der Waals surface area contributed by atoms with Crippen LogP contribution in [0.2, 0.25) is 5.02 Å². The molecule has 0 heterocycles. The maximum absolute atomic E-state index is 11.8. The number of carboxylic acids is 1. The van der Waals surface area contributed by atoms with Crippen LogP contribution < -0.4 is 10.1 Å². The highest BCUT2D eigenvalue weighted by Gasteiger charge is 2.15. The highest BCUT2D eigenvalue weighted by molar-refractivity contribution is 6.30. The third-order valence-electron chi connectivity index (χ3n) is 2.40. The molecule has 3 N–H and O–H groups in total. The minimum atomic E-state index is -1.49. The van der Waals surface area contributed by atoms with Gasteiger partial charge in [-0.25, -0.2) is 4.79 Å². The lowest BCUT2D eigenvalue weighted by atomic mass is 10.2. The van der Waals surface area contributed by atoms with Crippen molar-refractivity contribution >= 4 is 23.5 Å². The topological polar surface area (TPSA) is 95.9 Å². The van der Waals surface area contributed by atoms with Crippen molar-refractivity contribution in [3.8, 4) is 5.75 Å². The van der Waals surface area contributed by atoms with Crippen molar-refractivity contribution in [1.29, 1.82) is 0 Å². The summed E-state index contributed by atoms with van der Waals surface area (Å²) in [4.78, 5) is 22.2. The molecular weight excluding hydrogens is 274 g/mol. The highest BCUT2D eigenvalue weighted by Crippen LogP contribution is 2.22. The first kappa shape index (κ1) is 15.3. The van der Waals surface area contributed by atoms with Gasteiger partial charge in [-0.3, -0.25) is 4.79 Å². The van der Waals surface area contributed by atoms with Crippen molar-refractivity contribution in [1.82, 2.24) is 5.32 Å². The van der Waals surface area contributed by atoms with Crippen LogP contribution in [0, 0.1) is 0 Å². The van der Waals surface area contributed by atoms with E-state index in [9.17, 15) is 9.59 Å². The van der Waals surface area contributed by atoms with Crippen LogP contribution in [-0.4, -0.2) is 41.8 Å². The average molecular weight is 288 g/mol. The van der Waals surface area contributed by atoms with Crippen molar-refractivity contribution < 1.29 is 24.5 Å². The van der Waals surface area contributed by atoms with Crippen LogP contribution in [0.1, 0.15) is 16.8 Å². The van der Waals surface area contributed by atoms with Crippen LogP contribution in [0.5, 0.6) is 5.75 Å². The van der Waals surface area contributed by atoms with Crippen molar-refractivity contribution in [3.05, 3.63) is 28.8 Å². The van der Waals surface area contributed by atoms with Gasteiger partial charge in [-0.1, -0.05) is 11.6 Å². The number of amides is 1. The van der Waals surface area contributed by atoms with Gasteiger partial charge in [0.2, 0.25) is 0 Å². The number of aliphatic hydroxyl groups excluding tert-OH is 1. The summed E-state index contributed by atoms with van der Waals surface area (Å²) in [5.41, 5.74) is 0.289. The summed E-state index contributed by atoms with van der Waals surface area (Å²) in [5, 5.41) is 20.5. The molecule has 1 amide bonds. The van der Waals surface area contributed by atoms with E-state index in [1.807, 2.05) is 0 Å². The standard InChI is InChI=1S/C12H14ClNO5/c1-19-10-6-7(13)2-3-8(10)11(16)14-5-4-9(15)12(17)18/h2-3,6,9,15H,4-5H2,1H3,(H,14,16)(H,17,18)/t9-/m0/s1. The Balaban J connectivity index is 2.61. The van der Waals surface area contributed by atoms with Gasteiger partial charge < -0.3 is 20.3 Å². The SMILES string of the molecule is COc1cc(Cl)ccc1C(=O)NCC[C@H](O)C(=O)O. The molecule has 19 heavy (non-hydrogen) atoms. The third-order valence-corrected chi connectivity index (χ3v) is 2.63. The summed E-state index contributed by atoms with van der Waals surface area (Å²) >= 11 is 5.77. The number of hydrogen-bond donors (Lipinski definition) is 3. The molecule has 1 rings (SSSR count). The van der Waals surface area contributed by atoms with Gasteiger partial charge >= 0.3 is 5.97 Å². The smallest absolute Gasteiger partial charge is 0.332 e. The van der Waals surface area contributed by atoms with E-state index in [2.05, 4.69) is 5.32 Å². The van der Waals surface area contributed by atoms with Gasteiger partial charge in [0.1, 0.15) is 5.75 Å². The molecule has 0 spiro atoms. The number of methoxy groups -OCH3 is 1. The number of carboxylic acid groups (broad SMARTS) is 1. The van der Waals surface area contributed by atoms with Gasteiger partial charge in [-0.15, -0.1) is 0 Å². The minimum absolute atomic E-state index is 0.0398. The second-order valence-electron chi connectivity index (χ2n) is 3.74. The number of nitrogens with one attached hydrogen (secondary N) is 1. The summed E-state index contributed by atoms with van der Waals surface area (Å²) < 4.78 is 5.02. The van der Waals surface area contributed by atoms with Crippen molar-refractivity contribution in [2.24, 2.45) is 0 Å². The first-order chi connectivity index (χ1) is 8.95. The second-order valence-corrected chi connectivity index (χ2v) is 4.18. The Hall–Kier alpha value is -1.79. The molecular formula is C12H14ClNO5. The Kier molecular flexibility index (Phi) is 5.59. The molecule has 0 saturated heterocycles. The fraction of sp³-hybridized carbons (Fsp3) is 0.333. The molecule has 0 aromatic heterocycles. The number of halogens is 1. The molecule has 1 aromatic rings. The van der Waals surface area contributed by atoms with Crippen LogP contribution in [0.25, 0.3) is 0 Å². The Morgan fingerprint density at radius 3 is 2.74 bits per heavy atom. The Labute approximate surface area is 114 Å². The lowest BCUT2D eigenvalue weighted by molar-refractivity contribution is -0.146. The summed E-state index contributed by atoms with van der Waals surface area (Å²) in [5.74, 6) is -1.42. The first-order valence-electron chi connectivity index (χ1n) is 5.48. The van der Waals surface area contributed by atoms with Gasteiger partial charge in [0.25, 0.3) is 5.91 Å². The summed E-state index contributed by atoms with van der Waals surface area (Å²) in [6.45, 7) is 0.0398. The summed E-state index contributed by atoms with van der Waals surface area (Å²) in [7, 11) is 1.41. The fourth-order valence-electron chi connectivity index (χ4n) is 1.39. The molecule has 0 bridgehead atoms. The van der Waals surface area contributed by atoms with E-state index in [1.165, 1.54) is 19.2 Å². The Morgan fingerprint density at radius 2 is 2.16 bits per heavy atom. The number of carbonyl (C=O) groups is 2. The van der Waals surface area contributed by atoms with Gasteiger partial charge in [0.05, 0.1) is 12.7 Å². The number of hydrogen-bond acceptors (Lipinski definition) is 4. The predicted molar refractivity (Wildman–Crippen MR) is 68.6 cm³/mol. The van der Waals surface area contributed by atoms with E-state index in [0.29, 0.717) is 10.8 Å². The molecule has 0 radical (unpaired) electrons. The Morgan fingerprint density at radius 1 is 1.47 bits per heavy atom. The van der Waals surface area contributed by atoms with E-state index in [1.54, 1.807) is 6.07 Å². The zero-order valence-electron chi connectivity index (χ0n) is 10.2. The maximum atomic E-state index is 11.8. The van der Waals surface area contributed by atoms with E-state index in [4.69, 9.17) is 26.6 Å². The first-order valence-corrected chi connectivity index (χ1v) is 5.86. The molecule has 1 aromatic carbocycles. The summed E-state index contributed by atoms with van der Waals surface area (Å²) in [6, 6.07) is 4.55. The van der Waals surface area contributed by atoms with Crippen molar-refractivity contribution in [2.45, 2.75) is 12.5 Å². The zero-order chi connectivity index (χ0) is 14.4. The Bertz CT molecular complexity index is 477. The van der Waals surface area contributed by atoms with Gasteiger partial charge in [0.15, 0.2) is 6.10 Å². The highest BCUT2D eigenvalue weighted by atomic mass is 35.5. The quantitative estimate of drug-likeness (QED) is 0.723. The minimum Gasteiger partial charge on any atom is -0.496 e. The van der Waals surface area contributed by atoms with Crippen molar-refractivity contribution in [3.63, 3.8) is 0 Å². The third kappa shape index (κ3) is 4.42. The molecule has 0 saturated carbocycles. The molecule has 104 valence electrons. The number of aliphatic hydroxyl groups is 1. The predicted octanol–water partition coefficient (Wildman–Crippen LogP) is 0.914. The molecule has 6 nitrogen and oxygen atoms in total. The normalized spacial score (nSPS) is 11.7. The monoisotopic (exact) mass is 287 g/mol. The van der Waals surface area contributed by atoms with Gasteiger partial charge in [-0.05, 0) is 18.2 Å². The summed E-state index contributed by atoms with van der Waals surface area (Å²) in [6.07, 6.45) is -1.57. The number of ether oxygens (including phenoxy) is 1. The largest absolute Gasteiger partial charge is 0.496 e. The van der Waals surface area contributed by atoms with Crippen LogP contribution in [0.4, 0.5) is 0 Å². The lowest BCUT2D eigenvalue weighted by Crippen LogP contribution is -2.30. The maximum Gasteiger partial charge on any atom is 0.332 e. The second kappa shape index (κ2) is 6.96. The zero-order valence-corrected chi connectivity index (χ0v) is 11.0. The molecule has 0 fully saturated rings. The van der Waals surface area contributed by atoms with Crippen LogP contribution in [0.15, 0.2) is 18.2 Å². The van der Waals surface area contributed by atoms with Crippen LogP contribution >= 0.6 is 11.6 Å². The number of rotatable bonds is 6. The van der Waals surface area contributed by atoms with Crippen molar-refractivity contribution in [2.75, 3.05) is 13.7 Å². The van der Waals surface area contributed by atoms with E-state index in [0.717, 1.165) is 0 Å². The molecule has 1 atom stereocenters. The van der Waals surface area contributed by atoms with E-state index < -0.39 is 18.0 Å². The molecule has 7 heteroatoms. The fourth-order valence-corrected chi connectivity index (χ4v) is 1.56. The average Bonchev–Trinajstić information content (AvgIpc) is 2.37. The van der Waals surface area contributed by atoms with Crippen LogP contribution in [-0.2, 0) is 4.79 Å². The number of carbonyl (C=O) groups excluding carboxylic acids is 1. The number of aliphatic carboxylic acids is 1. The van der Waals surface area contributed by atoms with Gasteiger partial charge in [0, 0.05) is 18.0 Å². The molecule has 0 unspecified atom stereocenters. The molecule has 0 aliphatic rings. The van der Waals surface area contributed by atoms with E-state index in [-0.39, 0.29) is 18.5 Å². The van der Waals surface area contributed by atoms with Gasteiger partial charge in [-0.2, -0.15) is 0 Å². The van der Waals surface area contributed by atoms with Crippen LogP contribution in [0.3, 0.4) is 0 Å². The van der Waals surface area contributed by atoms with E-state index >= 15 is 0 Å². The lowest BCUT2D eigenvalue weighted by Gasteiger charge is -2.10. The molecule has 0 aliphatic carbocycles. The molecule has 0 aliphatic heterocycles.